The molecule has 1 unspecified atom stereocenters. The third-order valence-corrected chi connectivity index (χ3v) is 2.70. The maximum absolute atomic E-state index is 11.3. The average Bonchev–Trinajstić information content (AvgIpc) is 2.46. The fraction of sp³-hybridized carbons (Fsp3) is 0.778. The second-order valence-electron chi connectivity index (χ2n) is 3.74. The van der Waals surface area contributed by atoms with Crippen molar-refractivity contribution in [1.29, 1.82) is 0 Å². The summed E-state index contributed by atoms with van der Waals surface area (Å²) in [6.07, 6.45) is 1.31. The van der Waals surface area contributed by atoms with Crippen molar-refractivity contribution in [3.63, 3.8) is 0 Å². The third-order valence-electron chi connectivity index (χ3n) is 2.70. The van der Waals surface area contributed by atoms with E-state index in [1.165, 1.54) is 0 Å². The summed E-state index contributed by atoms with van der Waals surface area (Å²) in [4.78, 5) is 22.1. The largest absolute Gasteiger partial charge is 0.481 e. The Morgan fingerprint density at radius 1 is 1.31 bits per heavy atom. The molecule has 1 amide bonds. The standard InChI is InChI=1S/C9H15NO3/c1-5-3-6(8(11)10-2)7(4-5)9(12)13/h5-7H,3-4H2,1-2H3,(H,10,11)(H,12,13)/t5?,6-,7+/m0/s1. The molecule has 0 aliphatic heterocycles. The van der Waals surface area contributed by atoms with Gasteiger partial charge in [-0.2, -0.15) is 0 Å². The molecule has 0 aromatic rings. The van der Waals surface area contributed by atoms with Gasteiger partial charge in [0, 0.05) is 7.05 Å². The van der Waals surface area contributed by atoms with Gasteiger partial charge in [-0.1, -0.05) is 6.92 Å². The second kappa shape index (κ2) is 3.77. The van der Waals surface area contributed by atoms with Gasteiger partial charge in [-0.25, -0.2) is 0 Å². The molecule has 0 spiro atoms. The number of amides is 1. The molecule has 1 rings (SSSR count). The van der Waals surface area contributed by atoms with Crippen molar-refractivity contribution in [3.8, 4) is 0 Å². The zero-order chi connectivity index (χ0) is 10.0. The highest BCUT2D eigenvalue weighted by atomic mass is 16.4. The molecule has 1 aliphatic rings. The van der Waals surface area contributed by atoms with Crippen molar-refractivity contribution in [2.24, 2.45) is 17.8 Å². The van der Waals surface area contributed by atoms with Gasteiger partial charge in [0.25, 0.3) is 0 Å². The van der Waals surface area contributed by atoms with Gasteiger partial charge in [-0.15, -0.1) is 0 Å². The van der Waals surface area contributed by atoms with Gasteiger partial charge < -0.3 is 10.4 Å². The lowest BCUT2D eigenvalue weighted by atomic mass is 9.95. The van der Waals surface area contributed by atoms with Crippen molar-refractivity contribution in [3.05, 3.63) is 0 Å². The highest BCUT2D eigenvalue weighted by Crippen LogP contribution is 2.36. The van der Waals surface area contributed by atoms with E-state index in [9.17, 15) is 9.59 Å². The van der Waals surface area contributed by atoms with E-state index in [2.05, 4.69) is 5.32 Å². The molecule has 0 aromatic heterocycles. The molecule has 1 saturated carbocycles. The zero-order valence-electron chi connectivity index (χ0n) is 7.91. The highest BCUT2D eigenvalue weighted by Gasteiger charge is 2.40. The normalized spacial score (nSPS) is 32.9. The maximum atomic E-state index is 11.3. The molecule has 4 nitrogen and oxygen atoms in total. The fourth-order valence-electron chi connectivity index (χ4n) is 2.04. The van der Waals surface area contributed by atoms with Crippen molar-refractivity contribution in [2.75, 3.05) is 7.05 Å². The van der Waals surface area contributed by atoms with Crippen LogP contribution in [0.5, 0.6) is 0 Å². The van der Waals surface area contributed by atoms with Crippen LogP contribution in [0.3, 0.4) is 0 Å². The third kappa shape index (κ3) is 1.99. The first kappa shape index (κ1) is 10.0. The molecule has 0 saturated heterocycles. The van der Waals surface area contributed by atoms with E-state index in [-0.39, 0.29) is 11.8 Å². The van der Waals surface area contributed by atoms with Gasteiger partial charge in [0.1, 0.15) is 0 Å². The van der Waals surface area contributed by atoms with E-state index in [0.29, 0.717) is 18.8 Å². The van der Waals surface area contributed by atoms with Crippen LogP contribution in [0.2, 0.25) is 0 Å². The predicted molar refractivity (Wildman–Crippen MR) is 47.1 cm³/mol. The van der Waals surface area contributed by atoms with E-state index in [1.54, 1.807) is 7.05 Å². The molecule has 74 valence electrons. The molecule has 0 heterocycles. The van der Waals surface area contributed by atoms with Crippen LogP contribution in [0, 0.1) is 17.8 Å². The number of hydrogen-bond donors (Lipinski definition) is 2. The molecule has 0 bridgehead atoms. The Morgan fingerprint density at radius 2 is 1.85 bits per heavy atom. The number of rotatable bonds is 2. The molecule has 4 heteroatoms. The second-order valence-corrected chi connectivity index (χ2v) is 3.74. The zero-order valence-corrected chi connectivity index (χ0v) is 7.91. The molecule has 3 atom stereocenters. The lowest BCUT2D eigenvalue weighted by molar-refractivity contribution is -0.146. The van der Waals surface area contributed by atoms with Crippen LogP contribution in [0.1, 0.15) is 19.8 Å². The predicted octanol–water partition coefficient (Wildman–Crippen LogP) is 0.479. The highest BCUT2D eigenvalue weighted by molar-refractivity contribution is 5.85. The summed E-state index contributed by atoms with van der Waals surface area (Å²) in [5.41, 5.74) is 0. The molecular weight excluding hydrogens is 170 g/mol. The van der Waals surface area contributed by atoms with Crippen LogP contribution in [0.25, 0.3) is 0 Å². The summed E-state index contributed by atoms with van der Waals surface area (Å²) >= 11 is 0. The average molecular weight is 185 g/mol. The van der Waals surface area contributed by atoms with E-state index >= 15 is 0 Å². The molecule has 1 aliphatic carbocycles. The van der Waals surface area contributed by atoms with Gasteiger partial charge in [0.05, 0.1) is 11.8 Å². The Morgan fingerprint density at radius 3 is 2.31 bits per heavy atom. The Balaban J connectivity index is 2.71. The molecule has 0 radical (unpaired) electrons. The number of carboxylic acid groups (broad SMARTS) is 1. The summed E-state index contributed by atoms with van der Waals surface area (Å²) < 4.78 is 0. The lowest BCUT2D eigenvalue weighted by Gasteiger charge is -2.12. The molecule has 1 fully saturated rings. The topological polar surface area (TPSA) is 66.4 Å². The van der Waals surface area contributed by atoms with Crippen molar-refractivity contribution < 1.29 is 14.7 Å². The van der Waals surface area contributed by atoms with E-state index < -0.39 is 11.9 Å². The fourth-order valence-corrected chi connectivity index (χ4v) is 2.04. The molecule has 2 N–H and O–H groups in total. The maximum Gasteiger partial charge on any atom is 0.307 e. The van der Waals surface area contributed by atoms with Crippen LogP contribution < -0.4 is 5.32 Å². The molecule has 13 heavy (non-hydrogen) atoms. The van der Waals surface area contributed by atoms with Gasteiger partial charge in [-0.05, 0) is 18.8 Å². The Hall–Kier alpha value is -1.06. The quantitative estimate of drug-likeness (QED) is 0.657. The summed E-state index contributed by atoms with van der Waals surface area (Å²) in [6, 6.07) is 0. The first-order chi connectivity index (χ1) is 6.06. The van der Waals surface area contributed by atoms with Gasteiger partial charge in [-0.3, -0.25) is 9.59 Å². The van der Waals surface area contributed by atoms with Gasteiger partial charge in [0.2, 0.25) is 5.91 Å². The Kier molecular flexibility index (Phi) is 2.90. The number of carbonyl (C=O) groups excluding carboxylic acids is 1. The monoisotopic (exact) mass is 185 g/mol. The summed E-state index contributed by atoms with van der Waals surface area (Å²) in [6.45, 7) is 1.98. The number of carbonyl (C=O) groups is 2. The van der Waals surface area contributed by atoms with Crippen molar-refractivity contribution >= 4 is 11.9 Å². The van der Waals surface area contributed by atoms with Crippen LogP contribution in [-0.4, -0.2) is 24.0 Å². The SMILES string of the molecule is CNC(=O)[C@H]1CC(C)C[C@H]1C(=O)O. The van der Waals surface area contributed by atoms with Crippen molar-refractivity contribution in [2.45, 2.75) is 19.8 Å². The van der Waals surface area contributed by atoms with Gasteiger partial charge >= 0.3 is 5.97 Å². The summed E-state index contributed by atoms with van der Waals surface area (Å²) in [5.74, 6) is -1.48. The van der Waals surface area contributed by atoms with E-state index in [4.69, 9.17) is 5.11 Å². The number of nitrogens with one attached hydrogen (secondary N) is 1. The summed E-state index contributed by atoms with van der Waals surface area (Å²) in [7, 11) is 1.55. The van der Waals surface area contributed by atoms with E-state index in [1.807, 2.05) is 6.92 Å². The van der Waals surface area contributed by atoms with E-state index in [0.717, 1.165) is 0 Å². The number of carboxylic acids is 1. The first-order valence-corrected chi connectivity index (χ1v) is 4.50. The molecule has 0 aromatic carbocycles. The van der Waals surface area contributed by atoms with Crippen LogP contribution in [-0.2, 0) is 9.59 Å². The number of hydrogen-bond acceptors (Lipinski definition) is 2. The molecular formula is C9H15NO3. The van der Waals surface area contributed by atoms with Gasteiger partial charge in [0.15, 0.2) is 0 Å². The number of aliphatic carboxylic acids is 1. The Bertz CT molecular complexity index is 227. The lowest BCUT2D eigenvalue weighted by Crippen LogP contribution is -2.32. The summed E-state index contributed by atoms with van der Waals surface area (Å²) in [5, 5.41) is 11.4. The minimum atomic E-state index is -0.849. The minimum Gasteiger partial charge on any atom is -0.481 e. The van der Waals surface area contributed by atoms with Crippen molar-refractivity contribution in [1.82, 2.24) is 5.32 Å². The minimum absolute atomic E-state index is 0.142. The smallest absolute Gasteiger partial charge is 0.307 e. The first-order valence-electron chi connectivity index (χ1n) is 4.50. The van der Waals surface area contributed by atoms with Crippen LogP contribution in [0.4, 0.5) is 0 Å². The van der Waals surface area contributed by atoms with Crippen LogP contribution >= 0.6 is 0 Å². The van der Waals surface area contributed by atoms with Crippen LogP contribution in [0.15, 0.2) is 0 Å². The Labute approximate surface area is 77.3 Å².